The molecule has 0 bridgehead atoms. The number of hydrogen-bond acceptors (Lipinski definition) is 7. The van der Waals surface area contributed by atoms with E-state index in [1.807, 2.05) is 60.7 Å². The molecule has 0 radical (unpaired) electrons. The van der Waals surface area contributed by atoms with Crippen LogP contribution in [0.5, 0.6) is 51.7 Å². The van der Waals surface area contributed by atoms with E-state index in [1.54, 1.807) is 66.7 Å². The molecule has 0 aliphatic carbocycles. The van der Waals surface area contributed by atoms with Gasteiger partial charge in [0.25, 0.3) is 0 Å². The van der Waals surface area contributed by atoms with Gasteiger partial charge in [-0.25, -0.2) is 0 Å². The van der Waals surface area contributed by atoms with Crippen LogP contribution in [-0.2, 0) is 38.5 Å². The SMILES string of the molecule is Oc1ccc(CCc2cc(Oc3cc(O)cc(CCc4cccc(O)c4)c3)cc(Oc3cc(O)cc(CCc4cccc(O)c4)c3)c2)cc1. The Bertz CT molecular complexity index is 1920. The molecule has 0 atom stereocenters. The second kappa shape index (κ2) is 15.2. The van der Waals surface area contributed by atoms with Gasteiger partial charge in [0.15, 0.2) is 0 Å². The lowest BCUT2D eigenvalue weighted by Gasteiger charge is -2.14. The Labute approximate surface area is 285 Å². The predicted molar refractivity (Wildman–Crippen MR) is 189 cm³/mol. The lowest BCUT2D eigenvalue weighted by atomic mass is 10.0. The van der Waals surface area contributed by atoms with Crippen LogP contribution in [-0.4, -0.2) is 25.5 Å². The lowest BCUT2D eigenvalue weighted by molar-refractivity contribution is 0.442. The average Bonchev–Trinajstić information content (AvgIpc) is 3.06. The molecule has 6 rings (SSSR count). The molecule has 0 saturated carbocycles. The minimum absolute atomic E-state index is 0.0846. The van der Waals surface area contributed by atoms with Crippen molar-refractivity contribution in [3.05, 3.63) is 161 Å². The quantitative estimate of drug-likeness (QED) is 0.0842. The van der Waals surface area contributed by atoms with Gasteiger partial charge in [-0.3, -0.25) is 0 Å². The minimum atomic E-state index is 0.0846. The van der Waals surface area contributed by atoms with Gasteiger partial charge in [0.05, 0.1) is 0 Å². The van der Waals surface area contributed by atoms with Crippen LogP contribution in [0.15, 0.2) is 127 Å². The molecule has 6 aromatic carbocycles. The van der Waals surface area contributed by atoms with Gasteiger partial charge in [0, 0.05) is 18.2 Å². The highest BCUT2D eigenvalue weighted by Gasteiger charge is 2.11. The van der Waals surface area contributed by atoms with Crippen LogP contribution in [0, 0.1) is 0 Å². The molecule has 0 unspecified atom stereocenters. The Morgan fingerprint density at radius 1 is 0.286 bits per heavy atom. The van der Waals surface area contributed by atoms with Crippen LogP contribution in [0.3, 0.4) is 0 Å². The van der Waals surface area contributed by atoms with Crippen LogP contribution in [0.4, 0.5) is 0 Å². The smallest absolute Gasteiger partial charge is 0.131 e. The molecule has 0 fully saturated rings. The number of ether oxygens (including phenoxy) is 2. The Balaban J connectivity index is 1.23. The number of hydrogen-bond donors (Lipinski definition) is 5. The minimum Gasteiger partial charge on any atom is -0.508 e. The summed E-state index contributed by atoms with van der Waals surface area (Å²) in [5.41, 5.74) is 5.77. The third-order valence-corrected chi connectivity index (χ3v) is 8.18. The predicted octanol–water partition coefficient (Wildman–Crippen LogP) is 9.15. The molecule has 7 nitrogen and oxygen atoms in total. The average molecular weight is 655 g/mol. The molecule has 0 saturated heterocycles. The highest BCUT2D eigenvalue weighted by molar-refractivity contribution is 5.47. The maximum Gasteiger partial charge on any atom is 0.131 e. The van der Waals surface area contributed by atoms with Crippen molar-refractivity contribution in [3.63, 3.8) is 0 Å². The van der Waals surface area contributed by atoms with Gasteiger partial charge in [-0.2, -0.15) is 0 Å². The van der Waals surface area contributed by atoms with Crippen molar-refractivity contribution in [1.82, 2.24) is 0 Å². The summed E-state index contributed by atoms with van der Waals surface area (Å²) in [7, 11) is 0. The summed E-state index contributed by atoms with van der Waals surface area (Å²) in [4.78, 5) is 0. The summed E-state index contributed by atoms with van der Waals surface area (Å²) >= 11 is 0. The Hall–Kier alpha value is -6.08. The van der Waals surface area contributed by atoms with Crippen LogP contribution < -0.4 is 9.47 Å². The number of phenols is 5. The second-order valence-electron chi connectivity index (χ2n) is 12.2. The van der Waals surface area contributed by atoms with Gasteiger partial charge in [-0.1, -0.05) is 36.4 Å². The van der Waals surface area contributed by atoms with Gasteiger partial charge in [-0.05, 0) is 145 Å². The summed E-state index contributed by atoms with van der Waals surface area (Å²) in [5, 5.41) is 50.4. The number of rotatable bonds is 13. The first-order valence-corrected chi connectivity index (χ1v) is 16.2. The molecule has 0 amide bonds. The summed E-state index contributed by atoms with van der Waals surface area (Å²) in [6.07, 6.45) is 4.03. The first-order valence-electron chi connectivity index (χ1n) is 16.2. The molecule has 0 aliphatic heterocycles. The number of phenolic OH excluding ortho intramolecular Hbond substituents is 5. The summed E-state index contributed by atoms with van der Waals surface area (Å²) < 4.78 is 12.6. The molecule has 5 N–H and O–H groups in total. The topological polar surface area (TPSA) is 120 Å². The summed E-state index contributed by atoms with van der Waals surface area (Å²) in [5.74, 6) is 2.81. The molecular formula is C42H38O7. The summed E-state index contributed by atoms with van der Waals surface area (Å²) in [6, 6.07) is 37.4. The van der Waals surface area contributed by atoms with Gasteiger partial charge >= 0.3 is 0 Å². The zero-order valence-electron chi connectivity index (χ0n) is 26.9. The Morgan fingerprint density at radius 2 is 0.653 bits per heavy atom. The van der Waals surface area contributed by atoms with E-state index < -0.39 is 0 Å². The van der Waals surface area contributed by atoms with Gasteiger partial charge in [0.2, 0.25) is 0 Å². The van der Waals surface area contributed by atoms with Gasteiger partial charge in [0.1, 0.15) is 51.7 Å². The molecule has 248 valence electrons. The normalized spacial score (nSPS) is 10.9. The number of benzene rings is 6. The number of aromatic hydroxyl groups is 5. The molecule has 49 heavy (non-hydrogen) atoms. The summed E-state index contributed by atoms with van der Waals surface area (Å²) in [6.45, 7) is 0. The van der Waals surface area contributed by atoms with Crippen molar-refractivity contribution in [2.24, 2.45) is 0 Å². The van der Waals surface area contributed by atoms with Crippen molar-refractivity contribution >= 4 is 0 Å². The molecule has 0 aromatic heterocycles. The molecule has 7 heteroatoms. The molecule has 0 heterocycles. The molecule has 6 aromatic rings. The van der Waals surface area contributed by atoms with Gasteiger partial charge in [-0.15, -0.1) is 0 Å². The number of aryl methyl sites for hydroxylation is 6. The van der Waals surface area contributed by atoms with E-state index in [0.717, 1.165) is 39.8 Å². The van der Waals surface area contributed by atoms with E-state index in [0.29, 0.717) is 55.1 Å². The van der Waals surface area contributed by atoms with E-state index >= 15 is 0 Å². The first kappa shape index (κ1) is 32.8. The fourth-order valence-corrected chi connectivity index (χ4v) is 5.81. The first-order chi connectivity index (χ1) is 23.7. The maximum atomic E-state index is 10.5. The molecule has 0 aliphatic rings. The maximum absolute atomic E-state index is 10.5. The molecule has 0 spiro atoms. The van der Waals surface area contributed by atoms with E-state index in [2.05, 4.69) is 0 Å². The molecular weight excluding hydrogens is 616 g/mol. The zero-order chi connectivity index (χ0) is 34.2. The van der Waals surface area contributed by atoms with Crippen molar-refractivity contribution < 1.29 is 35.0 Å². The van der Waals surface area contributed by atoms with Crippen LogP contribution in [0.1, 0.15) is 33.4 Å². The van der Waals surface area contributed by atoms with E-state index in [4.69, 9.17) is 9.47 Å². The van der Waals surface area contributed by atoms with Crippen LogP contribution in [0.25, 0.3) is 0 Å². The van der Waals surface area contributed by atoms with E-state index in [9.17, 15) is 25.5 Å². The van der Waals surface area contributed by atoms with Crippen molar-refractivity contribution in [3.8, 4) is 51.7 Å². The van der Waals surface area contributed by atoms with Crippen LogP contribution >= 0.6 is 0 Å². The third kappa shape index (κ3) is 9.72. The standard InChI is InChI=1S/C42H38O7/c43-34-15-13-28(14-16-34)7-10-33-23-41(48-39-21-31(19-37(46)25-39)11-8-29-3-1-5-35(44)17-29)27-42(24-33)49-40-22-32(20-38(47)26-40)12-9-30-4-2-6-36(45)18-30/h1-6,13-27,43-47H,7-12H2. The van der Waals surface area contributed by atoms with Crippen molar-refractivity contribution in [1.29, 1.82) is 0 Å². The third-order valence-electron chi connectivity index (χ3n) is 8.18. The van der Waals surface area contributed by atoms with Crippen molar-refractivity contribution in [2.45, 2.75) is 38.5 Å². The van der Waals surface area contributed by atoms with Crippen molar-refractivity contribution in [2.75, 3.05) is 0 Å². The fourth-order valence-electron chi connectivity index (χ4n) is 5.81. The monoisotopic (exact) mass is 654 g/mol. The van der Waals surface area contributed by atoms with E-state index in [1.165, 1.54) is 0 Å². The van der Waals surface area contributed by atoms with E-state index in [-0.39, 0.29) is 28.7 Å². The lowest BCUT2D eigenvalue weighted by Crippen LogP contribution is -1.96. The fraction of sp³-hybridized carbons (Fsp3) is 0.143. The highest BCUT2D eigenvalue weighted by atomic mass is 16.5. The highest BCUT2D eigenvalue weighted by Crippen LogP contribution is 2.34. The Morgan fingerprint density at radius 3 is 1.10 bits per heavy atom. The largest absolute Gasteiger partial charge is 0.508 e. The second-order valence-corrected chi connectivity index (χ2v) is 12.2. The van der Waals surface area contributed by atoms with Crippen LogP contribution in [0.2, 0.25) is 0 Å². The zero-order valence-corrected chi connectivity index (χ0v) is 26.9. The Kier molecular flexibility index (Phi) is 10.2. The van der Waals surface area contributed by atoms with Gasteiger partial charge < -0.3 is 35.0 Å².